The summed E-state index contributed by atoms with van der Waals surface area (Å²) in [7, 11) is 0. The number of aliphatic hydroxyl groups excluding tert-OH is 1. The van der Waals surface area contributed by atoms with Crippen LogP contribution in [0.25, 0.3) is 0 Å². The maximum Gasteiger partial charge on any atom is 0.0692 e. The first kappa shape index (κ1) is 14.3. The minimum atomic E-state index is -0.211. The van der Waals surface area contributed by atoms with E-state index in [2.05, 4.69) is 33.0 Å². The molecule has 4 atom stereocenters. The highest BCUT2D eigenvalue weighted by Crippen LogP contribution is 2.52. The van der Waals surface area contributed by atoms with E-state index in [9.17, 15) is 5.11 Å². The molecule has 3 nitrogen and oxygen atoms in total. The molecule has 1 saturated heterocycles. The van der Waals surface area contributed by atoms with Gasteiger partial charge < -0.3 is 15.2 Å². The van der Waals surface area contributed by atoms with E-state index in [1.54, 1.807) is 0 Å². The third kappa shape index (κ3) is 2.33. The average Bonchev–Trinajstić information content (AvgIpc) is 2.77. The largest absolute Gasteiger partial charge is 0.392 e. The summed E-state index contributed by atoms with van der Waals surface area (Å²) in [5.41, 5.74) is 0.217. The van der Waals surface area contributed by atoms with Crippen LogP contribution in [0.15, 0.2) is 0 Å². The van der Waals surface area contributed by atoms with Gasteiger partial charge in [0.15, 0.2) is 0 Å². The van der Waals surface area contributed by atoms with Crippen molar-refractivity contribution >= 4 is 0 Å². The van der Waals surface area contributed by atoms with Gasteiger partial charge in [-0.3, -0.25) is 0 Å². The van der Waals surface area contributed by atoms with Gasteiger partial charge in [0.25, 0.3) is 0 Å². The van der Waals surface area contributed by atoms with Gasteiger partial charge in [-0.15, -0.1) is 0 Å². The van der Waals surface area contributed by atoms with Crippen molar-refractivity contribution in [2.45, 2.75) is 65.2 Å². The van der Waals surface area contributed by atoms with Gasteiger partial charge in [-0.05, 0) is 12.3 Å². The lowest BCUT2D eigenvalue weighted by atomic mass is 9.57. The van der Waals surface area contributed by atoms with E-state index in [0.717, 1.165) is 26.0 Å². The average molecular weight is 255 g/mol. The highest BCUT2D eigenvalue weighted by atomic mass is 16.5. The number of hydrogen-bond donors (Lipinski definition) is 2. The Morgan fingerprint density at radius 3 is 2.61 bits per heavy atom. The highest BCUT2D eigenvalue weighted by Gasteiger charge is 2.58. The summed E-state index contributed by atoms with van der Waals surface area (Å²) >= 11 is 0. The quantitative estimate of drug-likeness (QED) is 0.764. The zero-order chi connectivity index (χ0) is 13.3. The SMILES string of the molecule is CCC(CC)C(O)CNC1C2CCOC2C1(C)C. The fourth-order valence-corrected chi connectivity index (χ4v) is 3.99. The van der Waals surface area contributed by atoms with Crippen LogP contribution in [0.5, 0.6) is 0 Å². The molecule has 0 radical (unpaired) electrons. The Labute approximate surface area is 111 Å². The number of nitrogens with one attached hydrogen (secondary N) is 1. The molecular formula is C15H29NO2. The molecule has 0 aromatic heterocycles. The molecule has 0 spiro atoms. The number of fused-ring (bicyclic) bond motifs is 1. The topological polar surface area (TPSA) is 41.5 Å². The predicted molar refractivity (Wildman–Crippen MR) is 73.5 cm³/mol. The normalized spacial score (nSPS) is 35.3. The number of hydrogen-bond acceptors (Lipinski definition) is 3. The third-order valence-electron chi connectivity index (χ3n) is 5.24. The Kier molecular flexibility index (Phi) is 4.35. The molecule has 0 aromatic rings. The minimum Gasteiger partial charge on any atom is -0.392 e. The predicted octanol–water partition coefficient (Wildman–Crippen LogP) is 2.19. The van der Waals surface area contributed by atoms with Crippen LogP contribution < -0.4 is 5.32 Å². The minimum absolute atomic E-state index is 0.211. The number of ether oxygens (including phenoxy) is 1. The first-order valence-electron chi connectivity index (χ1n) is 7.55. The van der Waals surface area contributed by atoms with E-state index in [1.807, 2.05) is 0 Å². The molecule has 106 valence electrons. The van der Waals surface area contributed by atoms with Crippen LogP contribution in [0, 0.1) is 17.3 Å². The second-order valence-corrected chi connectivity index (χ2v) is 6.60. The molecule has 2 rings (SSSR count). The van der Waals surface area contributed by atoms with Crippen LogP contribution in [0.2, 0.25) is 0 Å². The summed E-state index contributed by atoms with van der Waals surface area (Å²) in [6, 6.07) is 0.508. The molecule has 1 aliphatic carbocycles. The van der Waals surface area contributed by atoms with Crippen LogP contribution >= 0.6 is 0 Å². The Hall–Kier alpha value is -0.120. The van der Waals surface area contributed by atoms with Gasteiger partial charge in [0.05, 0.1) is 12.2 Å². The van der Waals surface area contributed by atoms with Crippen molar-refractivity contribution in [3.05, 3.63) is 0 Å². The highest BCUT2D eigenvalue weighted by molar-refractivity contribution is 5.11. The molecule has 1 heterocycles. The van der Waals surface area contributed by atoms with Crippen LogP contribution in [-0.2, 0) is 4.74 Å². The molecule has 0 aromatic carbocycles. The van der Waals surface area contributed by atoms with E-state index < -0.39 is 0 Å². The summed E-state index contributed by atoms with van der Waals surface area (Å²) in [6.07, 6.45) is 3.51. The lowest BCUT2D eigenvalue weighted by molar-refractivity contribution is -0.115. The van der Waals surface area contributed by atoms with Gasteiger partial charge in [-0.25, -0.2) is 0 Å². The maximum absolute atomic E-state index is 10.2. The number of rotatable bonds is 6. The van der Waals surface area contributed by atoms with Gasteiger partial charge in [0.1, 0.15) is 0 Å². The van der Waals surface area contributed by atoms with Crippen LogP contribution in [0.3, 0.4) is 0 Å². The second-order valence-electron chi connectivity index (χ2n) is 6.60. The standard InChI is InChI=1S/C15H29NO2/c1-5-10(6-2)12(17)9-16-13-11-7-8-18-14(11)15(13,3)4/h10-14,16-17H,5-9H2,1-4H3. The van der Waals surface area contributed by atoms with Gasteiger partial charge in [0, 0.05) is 30.5 Å². The lowest BCUT2D eigenvalue weighted by Crippen LogP contribution is -2.66. The van der Waals surface area contributed by atoms with E-state index in [4.69, 9.17) is 4.74 Å². The van der Waals surface area contributed by atoms with Crippen molar-refractivity contribution < 1.29 is 9.84 Å². The zero-order valence-corrected chi connectivity index (χ0v) is 12.3. The van der Waals surface area contributed by atoms with Crippen LogP contribution in [-0.4, -0.2) is 36.5 Å². The van der Waals surface area contributed by atoms with Gasteiger partial charge >= 0.3 is 0 Å². The van der Waals surface area contributed by atoms with Crippen molar-refractivity contribution in [2.24, 2.45) is 17.3 Å². The van der Waals surface area contributed by atoms with Gasteiger partial charge in [0.2, 0.25) is 0 Å². The molecule has 2 fully saturated rings. The van der Waals surface area contributed by atoms with Crippen LogP contribution in [0.1, 0.15) is 47.0 Å². The molecule has 0 amide bonds. The molecule has 1 saturated carbocycles. The summed E-state index contributed by atoms with van der Waals surface area (Å²) in [6.45, 7) is 10.5. The Bertz CT molecular complexity index is 276. The fourth-order valence-electron chi connectivity index (χ4n) is 3.99. The molecular weight excluding hydrogens is 226 g/mol. The summed E-state index contributed by atoms with van der Waals surface area (Å²) in [4.78, 5) is 0. The van der Waals surface area contributed by atoms with E-state index in [0.29, 0.717) is 24.0 Å². The Morgan fingerprint density at radius 2 is 2.00 bits per heavy atom. The zero-order valence-electron chi connectivity index (χ0n) is 12.3. The van der Waals surface area contributed by atoms with Crippen molar-refractivity contribution in [2.75, 3.05) is 13.2 Å². The first-order valence-corrected chi connectivity index (χ1v) is 7.55. The second kappa shape index (κ2) is 5.48. The molecule has 0 bridgehead atoms. The van der Waals surface area contributed by atoms with E-state index in [1.165, 1.54) is 6.42 Å². The van der Waals surface area contributed by atoms with Crippen molar-refractivity contribution in [3.63, 3.8) is 0 Å². The number of aliphatic hydroxyl groups is 1. The molecule has 2 aliphatic rings. The van der Waals surface area contributed by atoms with E-state index in [-0.39, 0.29) is 11.5 Å². The van der Waals surface area contributed by atoms with Crippen LogP contribution in [0.4, 0.5) is 0 Å². The smallest absolute Gasteiger partial charge is 0.0692 e. The summed E-state index contributed by atoms with van der Waals surface area (Å²) < 4.78 is 5.79. The Morgan fingerprint density at radius 1 is 1.33 bits per heavy atom. The van der Waals surface area contributed by atoms with Crippen molar-refractivity contribution in [1.29, 1.82) is 0 Å². The molecule has 3 heteroatoms. The molecule has 1 aliphatic heterocycles. The first-order chi connectivity index (χ1) is 8.52. The Balaban J connectivity index is 1.83. The monoisotopic (exact) mass is 255 g/mol. The molecule has 18 heavy (non-hydrogen) atoms. The fraction of sp³-hybridized carbons (Fsp3) is 1.00. The van der Waals surface area contributed by atoms with Gasteiger partial charge in [-0.1, -0.05) is 40.5 Å². The third-order valence-corrected chi connectivity index (χ3v) is 5.24. The van der Waals surface area contributed by atoms with Gasteiger partial charge in [-0.2, -0.15) is 0 Å². The van der Waals surface area contributed by atoms with Crippen molar-refractivity contribution in [3.8, 4) is 0 Å². The molecule has 2 N–H and O–H groups in total. The van der Waals surface area contributed by atoms with E-state index >= 15 is 0 Å². The van der Waals surface area contributed by atoms with Crippen molar-refractivity contribution in [1.82, 2.24) is 5.32 Å². The summed E-state index contributed by atoms with van der Waals surface area (Å²) in [5.74, 6) is 1.09. The molecule has 4 unspecified atom stereocenters. The lowest BCUT2D eigenvalue weighted by Gasteiger charge is -2.55. The summed E-state index contributed by atoms with van der Waals surface area (Å²) in [5, 5.41) is 13.8. The maximum atomic E-state index is 10.2.